The van der Waals surface area contributed by atoms with Gasteiger partial charge in [-0.25, -0.2) is 24.1 Å². The second-order valence-electron chi connectivity index (χ2n) is 11.8. The van der Waals surface area contributed by atoms with E-state index in [0.717, 1.165) is 25.1 Å². The lowest BCUT2D eigenvalue weighted by molar-refractivity contribution is -0.374. The van der Waals surface area contributed by atoms with Gasteiger partial charge >= 0.3 is 24.1 Å². The lowest BCUT2D eigenvalue weighted by Gasteiger charge is -2.27. The van der Waals surface area contributed by atoms with Crippen LogP contribution in [0.5, 0.6) is 0 Å². The number of imidazole rings is 1. The number of ether oxygens (including phenoxy) is 2. The number of nitrogens with two attached hydrogens (primary N) is 1. The largest absolute Gasteiger partial charge is 0.453 e. The van der Waals surface area contributed by atoms with Crippen molar-refractivity contribution >= 4 is 45.6 Å². The molecular weight excluding hydrogens is 643 g/mol. The number of carbonyl (C=O) groups excluding carboxylic acids is 2. The summed E-state index contributed by atoms with van der Waals surface area (Å²) in [5.41, 5.74) is 2.34. The fourth-order valence-corrected chi connectivity index (χ4v) is 6.64. The molecule has 2 aliphatic heterocycles. The molecule has 3 aliphatic rings. The maximum Gasteiger partial charge on any atom is 0.418 e. The molecule has 2 unspecified atom stereocenters. The first kappa shape index (κ1) is 33.1. The van der Waals surface area contributed by atoms with Crippen LogP contribution in [-0.2, 0) is 21.7 Å². The van der Waals surface area contributed by atoms with E-state index in [2.05, 4.69) is 25.8 Å². The Morgan fingerprint density at radius 2 is 1.79 bits per heavy atom. The number of halogens is 3. The van der Waals surface area contributed by atoms with Gasteiger partial charge in [-0.05, 0) is 31.4 Å². The number of rotatable bonds is 5. The van der Waals surface area contributed by atoms with Crippen LogP contribution in [0.1, 0.15) is 54.1 Å². The topological polar surface area (TPSA) is 207 Å². The number of fused-ring (bicyclic) bond motifs is 4. The number of benzene rings is 1. The minimum Gasteiger partial charge on any atom is -0.453 e. The number of hydrogen-bond donors (Lipinski definition) is 5. The van der Waals surface area contributed by atoms with Crippen molar-refractivity contribution in [1.82, 2.24) is 24.0 Å². The predicted octanol–water partition coefficient (Wildman–Crippen LogP) is 2.49. The third-order valence-electron chi connectivity index (χ3n) is 8.74. The molecule has 1 aromatic carbocycles. The molecule has 3 aromatic heterocycles. The molecule has 2 bridgehead atoms. The number of pyridine rings is 2. The number of anilines is 2. The van der Waals surface area contributed by atoms with Crippen molar-refractivity contribution in [3.05, 3.63) is 58.1 Å². The minimum atomic E-state index is -4.74. The summed E-state index contributed by atoms with van der Waals surface area (Å²) in [6.07, 6.45) is -4.27. The molecule has 4 aromatic rings. The van der Waals surface area contributed by atoms with E-state index in [4.69, 9.17) is 4.74 Å². The molecule has 1 aliphatic carbocycles. The first-order valence-electron chi connectivity index (χ1n) is 15.0. The number of aromatic nitrogens is 4. The van der Waals surface area contributed by atoms with E-state index in [1.807, 2.05) is 0 Å². The van der Waals surface area contributed by atoms with Crippen molar-refractivity contribution in [3.63, 3.8) is 0 Å². The van der Waals surface area contributed by atoms with Crippen LogP contribution in [-0.4, -0.2) is 83.7 Å². The number of carbonyl (C=O) groups is 2. The molecule has 18 heteroatoms. The Labute approximate surface area is 269 Å². The Morgan fingerprint density at radius 1 is 1.08 bits per heavy atom. The summed E-state index contributed by atoms with van der Waals surface area (Å²) in [6.45, 7) is 0.701. The molecule has 0 radical (unpaired) electrons. The number of aliphatic hydroxyl groups is 3. The third kappa shape index (κ3) is 6.14. The average Bonchev–Trinajstić information content (AvgIpc) is 3.83. The highest BCUT2D eigenvalue weighted by molar-refractivity contribution is 6.08. The van der Waals surface area contributed by atoms with Gasteiger partial charge in [0.25, 0.3) is 5.91 Å². The van der Waals surface area contributed by atoms with Gasteiger partial charge in [-0.2, -0.15) is 13.2 Å². The fraction of sp³-hybridized carbons (Fsp3) is 0.433. The van der Waals surface area contributed by atoms with Crippen LogP contribution in [0.15, 0.2) is 41.3 Å². The number of hydrogen-bond acceptors (Lipinski definition) is 11. The van der Waals surface area contributed by atoms with Crippen molar-refractivity contribution in [2.75, 3.05) is 25.6 Å². The highest BCUT2D eigenvalue weighted by atomic mass is 19.4. The number of para-hydroxylation sites is 1. The number of likely N-dealkylation sites (tertiary alicyclic amines) is 1. The zero-order valence-corrected chi connectivity index (χ0v) is 25.5. The quantitative estimate of drug-likeness (QED) is 0.194. The zero-order valence-electron chi connectivity index (χ0n) is 25.5. The van der Waals surface area contributed by atoms with Gasteiger partial charge in [0.05, 0.1) is 59.7 Å². The van der Waals surface area contributed by atoms with Crippen LogP contribution in [0.25, 0.3) is 21.9 Å². The Kier molecular flexibility index (Phi) is 8.52. The Bertz CT molecular complexity index is 1950. The molecule has 2 amide bonds. The van der Waals surface area contributed by atoms with E-state index in [0.29, 0.717) is 37.0 Å². The van der Waals surface area contributed by atoms with Crippen LogP contribution >= 0.6 is 0 Å². The van der Waals surface area contributed by atoms with Crippen LogP contribution < -0.4 is 16.7 Å². The molecule has 48 heavy (non-hydrogen) atoms. The molecule has 7 rings (SSSR count). The summed E-state index contributed by atoms with van der Waals surface area (Å²) in [5.74, 6) is -0.458. The number of nitrogens with zero attached hydrogens (tertiary/aromatic N) is 5. The number of alkyl halides is 3. The third-order valence-corrected chi connectivity index (χ3v) is 8.74. The normalized spacial score (nSPS) is 19.5. The second kappa shape index (κ2) is 12.3. The Morgan fingerprint density at radius 3 is 2.38 bits per heavy atom. The maximum absolute atomic E-state index is 14.1. The number of nitrogens with one attached hydrogen (secondary N) is 1. The first-order valence-corrected chi connectivity index (χ1v) is 15.0. The number of primary amides is 1. The van der Waals surface area contributed by atoms with Crippen LogP contribution in [0.2, 0.25) is 0 Å². The number of amides is 2. The lowest BCUT2D eigenvalue weighted by atomic mass is 10.0. The fourth-order valence-electron chi connectivity index (χ4n) is 6.64. The highest BCUT2D eigenvalue weighted by Crippen LogP contribution is 2.38. The summed E-state index contributed by atoms with van der Waals surface area (Å²) in [4.78, 5) is 46.3. The smallest absolute Gasteiger partial charge is 0.418 e. The van der Waals surface area contributed by atoms with Crippen LogP contribution in [0.3, 0.4) is 0 Å². The van der Waals surface area contributed by atoms with E-state index < -0.39 is 41.0 Å². The molecule has 3 fully saturated rings. The van der Waals surface area contributed by atoms with Crippen LogP contribution in [0.4, 0.5) is 29.6 Å². The molecule has 1 saturated carbocycles. The highest BCUT2D eigenvalue weighted by Gasteiger charge is 2.42. The SMILES string of the molecule is COC(N)=O.O=C(c1cc(Nc2cc3c(cn2)n(C(O)(O)O)c(=O)n3C2CCCC2)nc2c(C(F)(F)F)cccc12)N1CC2CC1CO2. The summed E-state index contributed by atoms with van der Waals surface area (Å²) < 4.78 is 53.4. The van der Waals surface area contributed by atoms with E-state index >= 15 is 0 Å². The van der Waals surface area contributed by atoms with Gasteiger partial charge in [0.1, 0.15) is 11.6 Å². The van der Waals surface area contributed by atoms with E-state index in [1.54, 1.807) is 4.90 Å². The summed E-state index contributed by atoms with van der Waals surface area (Å²) in [5, 5.41) is 32.6. The van der Waals surface area contributed by atoms with E-state index in [9.17, 15) is 42.9 Å². The number of methoxy groups -OCH3 is 1. The van der Waals surface area contributed by atoms with Gasteiger partial charge in [-0.1, -0.05) is 25.0 Å². The maximum atomic E-state index is 14.1. The molecule has 5 heterocycles. The van der Waals surface area contributed by atoms with Crippen LogP contribution in [0, 0.1) is 0 Å². The standard InChI is InChI=1S/C28H27F3N6O6.C2H5NO2/c29-27(30,31)19-7-3-6-17-18(25(38)35-12-16-8-15(35)13-43-16)9-23(34-24(17)19)33-22-10-20-21(11-32-22)37(28(40,41)42)26(39)36(20)14-4-1-2-5-14;1-5-2(3)4/h3,6-7,9-11,14-16,40-42H,1-2,4-5,8,12-13H2,(H,32,33,34);1H3,(H2,3,4). The molecule has 0 spiro atoms. The monoisotopic (exact) mass is 675 g/mol. The summed E-state index contributed by atoms with van der Waals surface area (Å²) >= 11 is 0. The lowest BCUT2D eigenvalue weighted by Crippen LogP contribution is -2.41. The Hall–Kier alpha value is -4.78. The Balaban J connectivity index is 0.000000749. The summed E-state index contributed by atoms with van der Waals surface area (Å²) in [7, 11) is 1.22. The molecule has 256 valence electrons. The second-order valence-corrected chi connectivity index (χ2v) is 11.8. The zero-order chi connectivity index (χ0) is 34.5. The molecule has 6 N–H and O–H groups in total. The molecule has 2 saturated heterocycles. The first-order chi connectivity index (χ1) is 22.7. The predicted molar refractivity (Wildman–Crippen MR) is 162 cm³/mol. The number of morpholine rings is 1. The van der Waals surface area contributed by atoms with Crippen molar-refractivity contribution in [3.8, 4) is 0 Å². The van der Waals surface area contributed by atoms with Crippen molar-refractivity contribution in [2.24, 2.45) is 5.73 Å². The van der Waals surface area contributed by atoms with Crippen molar-refractivity contribution in [2.45, 2.75) is 62.6 Å². The van der Waals surface area contributed by atoms with Gasteiger partial charge in [0.2, 0.25) is 0 Å². The minimum absolute atomic E-state index is 0.0341. The van der Waals surface area contributed by atoms with Gasteiger partial charge < -0.3 is 40.7 Å². The summed E-state index contributed by atoms with van der Waals surface area (Å²) in [6, 6.07) is 5.92. The average molecular weight is 676 g/mol. The van der Waals surface area contributed by atoms with Crippen molar-refractivity contribution < 1.29 is 47.6 Å². The van der Waals surface area contributed by atoms with Gasteiger partial charge in [-0.15, -0.1) is 0 Å². The van der Waals surface area contributed by atoms with Gasteiger partial charge in [0.15, 0.2) is 0 Å². The van der Waals surface area contributed by atoms with E-state index in [-0.39, 0.29) is 51.8 Å². The van der Waals surface area contributed by atoms with Gasteiger partial charge in [-0.3, -0.25) is 9.36 Å². The molecule has 2 atom stereocenters. The van der Waals surface area contributed by atoms with E-state index in [1.165, 1.54) is 35.9 Å². The van der Waals surface area contributed by atoms with Crippen molar-refractivity contribution in [1.29, 1.82) is 0 Å². The molecule has 15 nitrogen and oxygen atoms in total. The van der Waals surface area contributed by atoms with Gasteiger partial charge in [0, 0.05) is 24.0 Å². The molecular formula is C30H32F3N7O8.